The number of benzene rings is 1. The number of aliphatic carboxylic acids is 1. The minimum Gasteiger partial charge on any atom is -0.479 e. The molecule has 1 aromatic rings. The van der Waals surface area contributed by atoms with Gasteiger partial charge in [0.2, 0.25) is 5.91 Å². The normalized spacial score (nSPS) is 13.6. The van der Waals surface area contributed by atoms with Gasteiger partial charge in [0.25, 0.3) is 0 Å². The van der Waals surface area contributed by atoms with E-state index in [0.717, 1.165) is 10.0 Å². The predicted octanol–water partition coefficient (Wildman–Crippen LogP) is 1.89. The third-order valence-electron chi connectivity index (χ3n) is 2.96. The Morgan fingerprint density at radius 1 is 1.30 bits per heavy atom. The Labute approximate surface area is 126 Å². The molecule has 0 aliphatic rings. The Morgan fingerprint density at radius 3 is 2.45 bits per heavy atom. The van der Waals surface area contributed by atoms with E-state index >= 15 is 0 Å². The largest absolute Gasteiger partial charge is 0.479 e. The molecular weight excluding hydrogens is 326 g/mol. The summed E-state index contributed by atoms with van der Waals surface area (Å²) in [5, 5.41) is 20.2. The van der Waals surface area contributed by atoms with E-state index in [1.165, 1.54) is 0 Å². The van der Waals surface area contributed by atoms with Crippen molar-refractivity contribution >= 4 is 27.8 Å². The van der Waals surface area contributed by atoms with Crippen LogP contribution >= 0.6 is 15.9 Å². The van der Waals surface area contributed by atoms with Crippen LogP contribution in [0.1, 0.15) is 31.2 Å². The van der Waals surface area contributed by atoms with Gasteiger partial charge in [0.15, 0.2) is 6.10 Å². The summed E-state index contributed by atoms with van der Waals surface area (Å²) in [5.74, 6) is -1.35. The Kier molecular flexibility index (Phi) is 6.67. The van der Waals surface area contributed by atoms with Gasteiger partial charge >= 0.3 is 5.97 Å². The van der Waals surface area contributed by atoms with Gasteiger partial charge < -0.3 is 15.5 Å². The lowest BCUT2D eigenvalue weighted by Gasteiger charge is -2.12. The molecule has 0 saturated heterocycles. The number of carbonyl (C=O) groups excluding carboxylic acids is 1. The second-order valence-electron chi connectivity index (χ2n) is 4.65. The van der Waals surface area contributed by atoms with Gasteiger partial charge in [0.05, 0.1) is 0 Å². The molecule has 0 aliphatic carbocycles. The summed E-state index contributed by atoms with van der Waals surface area (Å²) in [4.78, 5) is 22.1. The van der Waals surface area contributed by atoms with Gasteiger partial charge in [-0.25, -0.2) is 4.79 Å². The maximum absolute atomic E-state index is 11.7. The van der Waals surface area contributed by atoms with Gasteiger partial charge in [-0.2, -0.15) is 0 Å². The fourth-order valence-corrected chi connectivity index (χ4v) is 2.00. The first-order chi connectivity index (χ1) is 9.40. The summed E-state index contributed by atoms with van der Waals surface area (Å²) in [6, 6.07) is 7.76. The Bertz CT molecular complexity index is 461. The van der Waals surface area contributed by atoms with Gasteiger partial charge in [-0.3, -0.25) is 4.79 Å². The highest BCUT2D eigenvalue weighted by Crippen LogP contribution is 2.21. The van der Waals surface area contributed by atoms with E-state index in [-0.39, 0.29) is 24.8 Å². The molecule has 0 heterocycles. The van der Waals surface area contributed by atoms with Crippen LogP contribution < -0.4 is 5.32 Å². The Hall–Kier alpha value is -1.40. The van der Waals surface area contributed by atoms with E-state index in [9.17, 15) is 9.59 Å². The lowest BCUT2D eigenvalue weighted by Crippen LogP contribution is -2.30. The molecule has 20 heavy (non-hydrogen) atoms. The zero-order valence-corrected chi connectivity index (χ0v) is 12.8. The van der Waals surface area contributed by atoms with Crippen LogP contribution in [0.2, 0.25) is 0 Å². The Morgan fingerprint density at radius 2 is 1.90 bits per heavy atom. The van der Waals surface area contributed by atoms with Gasteiger partial charge in [0.1, 0.15) is 0 Å². The number of hydrogen-bond acceptors (Lipinski definition) is 3. The first kappa shape index (κ1) is 16.7. The van der Waals surface area contributed by atoms with Crippen molar-refractivity contribution < 1.29 is 19.8 Å². The number of amides is 1. The predicted molar refractivity (Wildman–Crippen MR) is 78.4 cm³/mol. The number of carboxylic acid groups (broad SMARTS) is 1. The molecule has 1 rings (SSSR count). The molecule has 1 amide bonds. The molecule has 0 aromatic heterocycles. The average molecular weight is 344 g/mol. The zero-order chi connectivity index (χ0) is 15.1. The minimum absolute atomic E-state index is 0.00768. The highest BCUT2D eigenvalue weighted by molar-refractivity contribution is 9.10. The highest BCUT2D eigenvalue weighted by Gasteiger charge is 2.14. The molecule has 1 aromatic carbocycles. The van der Waals surface area contributed by atoms with Crippen LogP contribution in [0.15, 0.2) is 28.7 Å². The topological polar surface area (TPSA) is 86.6 Å². The third kappa shape index (κ3) is 5.71. The van der Waals surface area contributed by atoms with Crippen LogP contribution in [-0.2, 0) is 9.59 Å². The second-order valence-corrected chi connectivity index (χ2v) is 5.57. The number of aliphatic hydroxyl groups excluding tert-OH is 1. The lowest BCUT2D eigenvalue weighted by molar-refractivity contribution is -0.147. The monoisotopic (exact) mass is 343 g/mol. The van der Waals surface area contributed by atoms with Crippen molar-refractivity contribution in [3.05, 3.63) is 34.3 Å². The van der Waals surface area contributed by atoms with E-state index in [2.05, 4.69) is 21.2 Å². The standard InChI is InChI=1S/C14H18BrNO4/c1-9(10-2-4-11(15)5-3-10)8-13(18)16-7-6-12(17)14(19)20/h2-5,9,12,17H,6-8H2,1H3,(H,16,18)(H,19,20)/t9?,12-/m0/s1. The summed E-state index contributed by atoms with van der Waals surface area (Å²) in [6.07, 6.45) is -1.10. The number of hydrogen-bond donors (Lipinski definition) is 3. The molecule has 0 fully saturated rings. The molecule has 0 bridgehead atoms. The number of rotatable bonds is 7. The zero-order valence-electron chi connectivity index (χ0n) is 11.2. The molecule has 0 spiro atoms. The number of carbonyl (C=O) groups is 2. The van der Waals surface area contributed by atoms with Crippen molar-refractivity contribution in [1.82, 2.24) is 5.32 Å². The van der Waals surface area contributed by atoms with Gasteiger partial charge in [0, 0.05) is 23.9 Å². The summed E-state index contributed by atoms with van der Waals surface area (Å²) >= 11 is 3.35. The van der Waals surface area contributed by atoms with Crippen LogP contribution in [0.25, 0.3) is 0 Å². The van der Waals surface area contributed by atoms with Crippen molar-refractivity contribution in [3.63, 3.8) is 0 Å². The fourth-order valence-electron chi connectivity index (χ4n) is 1.73. The van der Waals surface area contributed by atoms with Crippen molar-refractivity contribution in [3.8, 4) is 0 Å². The molecule has 2 atom stereocenters. The maximum atomic E-state index is 11.7. The minimum atomic E-state index is -1.43. The molecule has 1 unspecified atom stereocenters. The molecule has 110 valence electrons. The van der Waals surface area contributed by atoms with E-state index < -0.39 is 12.1 Å². The highest BCUT2D eigenvalue weighted by atomic mass is 79.9. The van der Waals surface area contributed by atoms with E-state index in [1.807, 2.05) is 31.2 Å². The lowest BCUT2D eigenvalue weighted by atomic mass is 9.97. The average Bonchev–Trinajstić information content (AvgIpc) is 2.39. The molecule has 5 nitrogen and oxygen atoms in total. The van der Waals surface area contributed by atoms with Gasteiger partial charge in [-0.05, 0) is 23.6 Å². The van der Waals surface area contributed by atoms with Crippen LogP contribution in [0.5, 0.6) is 0 Å². The smallest absolute Gasteiger partial charge is 0.332 e. The number of nitrogens with one attached hydrogen (secondary N) is 1. The molecule has 0 saturated carbocycles. The molecular formula is C14H18BrNO4. The van der Waals surface area contributed by atoms with Crippen molar-refractivity contribution in [1.29, 1.82) is 0 Å². The van der Waals surface area contributed by atoms with Crippen molar-refractivity contribution in [2.24, 2.45) is 0 Å². The number of aliphatic hydroxyl groups is 1. The molecule has 3 N–H and O–H groups in total. The Balaban J connectivity index is 2.35. The van der Waals surface area contributed by atoms with Crippen LogP contribution in [0.4, 0.5) is 0 Å². The van der Waals surface area contributed by atoms with Gasteiger partial charge in [-0.15, -0.1) is 0 Å². The van der Waals surface area contributed by atoms with E-state index in [4.69, 9.17) is 10.2 Å². The third-order valence-corrected chi connectivity index (χ3v) is 3.48. The van der Waals surface area contributed by atoms with Crippen LogP contribution in [-0.4, -0.2) is 34.7 Å². The maximum Gasteiger partial charge on any atom is 0.332 e. The summed E-state index contributed by atoms with van der Waals surface area (Å²) in [6.45, 7) is 2.11. The molecule has 0 aliphatic heterocycles. The van der Waals surface area contributed by atoms with Crippen LogP contribution in [0, 0.1) is 0 Å². The number of carboxylic acids is 1. The first-order valence-electron chi connectivity index (χ1n) is 6.33. The van der Waals surface area contributed by atoms with Crippen molar-refractivity contribution in [2.75, 3.05) is 6.54 Å². The quantitative estimate of drug-likeness (QED) is 0.705. The SMILES string of the molecule is CC(CC(=O)NCC[C@H](O)C(=O)O)c1ccc(Br)cc1. The second kappa shape index (κ2) is 8.01. The first-order valence-corrected chi connectivity index (χ1v) is 7.12. The summed E-state index contributed by atoms with van der Waals surface area (Å²) < 4.78 is 0.987. The van der Waals surface area contributed by atoms with E-state index in [1.54, 1.807) is 0 Å². The molecule has 6 heteroatoms. The van der Waals surface area contributed by atoms with E-state index in [0.29, 0.717) is 6.42 Å². The summed E-state index contributed by atoms with van der Waals surface area (Å²) in [7, 11) is 0. The fraction of sp³-hybridized carbons (Fsp3) is 0.429. The molecule has 0 radical (unpaired) electrons. The van der Waals surface area contributed by atoms with Gasteiger partial charge in [-0.1, -0.05) is 35.0 Å². The number of halogens is 1. The summed E-state index contributed by atoms with van der Waals surface area (Å²) in [5.41, 5.74) is 1.06. The van der Waals surface area contributed by atoms with Crippen LogP contribution in [0.3, 0.4) is 0 Å². The van der Waals surface area contributed by atoms with Crippen molar-refractivity contribution in [2.45, 2.75) is 31.8 Å².